The SMILES string of the molecule is CCCCCCCCCCCCCCCCCC(=O)OC(COC(=O)CCCCCCCCCCCC)COP(=O)(O)OCC. The zero-order chi connectivity index (χ0) is 33.3. The lowest BCUT2D eigenvalue weighted by Gasteiger charge is -2.19. The average Bonchev–Trinajstić information content (AvgIpc) is 3.01. The molecule has 45 heavy (non-hydrogen) atoms. The van der Waals surface area contributed by atoms with Crippen molar-refractivity contribution in [1.29, 1.82) is 0 Å². The lowest BCUT2D eigenvalue weighted by Crippen LogP contribution is -2.29. The Bertz CT molecular complexity index is 717. The molecule has 0 saturated carbocycles. The molecular weight excluding hydrogens is 591 g/mol. The van der Waals surface area contributed by atoms with E-state index in [0.717, 1.165) is 38.5 Å². The van der Waals surface area contributed by atoms with E-state index in [-0.39, 0.29) is 32.2 Å². The van der Waals surface area contributed by atoms with Crippen molar-refractivity contribution < 1.29 is 37.6 Å². The minimum Gasteiger partial charge on any atom is -0.462 e. The summed E-state index contributed by atoms with van der Waals surface area (Å²) in [6.45, 7) is 5.47. The predicted molar refractivity (Wildman–Crippen MR) is 184 cm³/mol. The van der Waals surface area contributed by atoms with Crippen LogP contribution in [0.25, 0.3) is 0 Å². The Morgan fingerprint density at radius 2 is 0.867 bits per heavy atom. The van der Waals surface area contributed by atoms with Gasteiger partial charge in [-0.05, 0) is 19.8 Å². The summed E-state index contributed by atoms with van der Waals surface area (Å²) in [7, 11) is -4.26. The van der Waals surface area contributed by atoms with Gasteiger partial charge in [-0.1, -0.05) is 162 Å². The summed E-state index contributed by atoms with van der Waals surface area (Å²) in [6.07, 6.45) is 30.1. The molecule has 2 atom stereocenters. The second-order valence-electron chi connectivity index (χ2n) is 12.6. The minimum atomic E-state index is -4.26. The molecule has 0 saturated heterocycles. The second-order valence-corrected chi connectivity index (χ2v) is 14.1. The van der Waals surface area contributed by atoms with Gasteiger partial charge < -0.3 is 14.4 Å². The second kappa shape index (κ2) is 33.0. The zero-order valence-electron chi connectivity index (χ0n) is 29.5. The maximum Gasteiger partial charge on any atom is 0.472 e. The molecule has 0 aliphatic carbocycles. The number of rotatable bonds is 35. The van der Waals surface area contributed by atoms with Gasteiger partial charge in [0.05, 0.1) is 13.2 Å². The summed E-state index contributed by atoms with van der Waals surface area (Å²) >= 11 is 0. The van der Waals surface area contributed by atoms with Crippen molar-refractivity contribution in [2.75, 3.05) is 19.8 Å². The predicted octanol–water partition coefficient (Wildman–Crippen LogP) is 11.2. The Balaban J connectivity index is 4.11. The molecule has 0 fully saturated rings. The van der Waals surface area contributed by atoms with Gasteiger partial charge in [0, 0.05) is 12.8 Å². The van der Waals surface area contributed by atoms with Crippen molar-refractivity contribution in [2.24, 2.45) is 0 Å². The summed E-state index contributed by atoms with van der Waals surface area (Å²) in [4.78, 5) is 34.5. The fourth-order valence-electron chi connectivity index (χ4n) is 5.39. The van der Waals surface area contributed by atoms with Crippen LogP contribution in [-0.4, -0.2) is 42.8 Å². The Hall–Kier alpha value is -0.950. The van der Waals surface area contributed by atoms with Gasteiger partial charge in [0.1, 0.15) is 6.61 Å². The first-order chi connectivity index (χ1) is 21.8. The highest BCUT2D eigenvalue weighted by Gasteiger charge is 2.25. The van der Waals surface area contributed by atoms with Gasteiger partial charge in [0.15, 0.2) is 6.10 Å². The van der Waals surface area contributed by atoms with Crippen LogP contribution in [0.5, 0.6) is 0 Å². The molecule has 2 unspecified atom stereocenters. The van der Waals surface area contributed by atoms with Gasteiger partial charge in [-0.3, -0.25) is 18.6 Å². The van der Waals surface area contributed by atoms with Gasteiger partial charge in [-0.2, -0.15) is 0 Å². The first-order valence-corrected chi connectivity index (χ1v) is 20.3. The molecule has 0 aromatic carbocycles. The van der Waals surface area contributed by atoms with Crippen LogP contribution in [0.1, 0.15) is 194 Å². The Labute approximate surface area is 277 Å². The first kappa shape index (κ1) is 44.0. The monoisotopic (exact) mass is 662 g/mol. The van der Waals surface area contributed by atoms with E-state index in [0.29, 0.717) is 6.42 Å². The lowest BCUT2D eigenvalue weighted by molar-refractivity contribution is -0.161. The molecule has 0 spiro atoms. The van der Waals surface area contributed by atoms with Crippen molar-refractivity contribution in [1.82, 2.24) is 0 Å². The topological polar surface area (TPSA) is 108 Å². The largest absolute Gasteiger partial charge is 0.472 e. The van der Waals surface area contributed by atoms with E-state index >= 15 is 0 Å². The van der Waals surface area contributed by atoms with Gasteiger partial charge in [0.25, 0.3) is 0 Å². The first-order valence-electron chi connectivity index (χ1n) is 18.8. The van der Waals surface area contributed by atoms with Crippen molar-refractivity contribution in [3.63, 3.8) is 0 Å². The fraction of sp³-hybridized carbons (Fsp3) is 0.944. The number of carbonyl (C=O) groups is 2. The smallest absolute Gasteiger partial charge is 0.462 e. The van der Waals surface area contributed by atoms with E-state index < -0.39 is 19.9 Å². The molecule has 8 nitrogen and oxygen atoms in total. The Kier molecular flexibility index (Phi) is 32.3. The molecule has 0 bridgehead atoms. The number of esters is 2. The summed E-state index contributed by atoms with van der Waals surface area (Å²) in [5, 5.41) is 0. The van der Waals surface area contributed by atoms with Crippen molar-refractivity contribution in [3.8, 4) is 0 Å². The van der Waals surface area contributed by atoms with Crippen LogP contribution < -0.4 is 0 Å². The third-order valence-electron chi connectivity index (χ3n) is 8.16. The number of phosphoric acid groups is 1. The number of carbonyl (C=O) groups excluding carboxylic acids is 2. The molecule has 1 N–H and O–H groups in total. The molecule has 0 aliphatic rings. The van der Waals surface area contributed by atoms with Gasteiger partial charge in [-0.15, -0.1) is 0 Å². The van der Waals surface area contributed by atoms with Crippen LogP contribution in [0.2, 0.25) is 0 Å². The molecule has 9 heteroatoms. The highest BCUT2D eigenvalue weighted by atomic mass is 31.2. The number of ether oxygens (including phenoxy) is 2. The third-order valence-corrected chi connectivity index (χ3v) is 9.22. The summed E-state index contributed by atoms with van der Waals surface area (Å²) in [6, 6.07) is 0. The quantitative estimate of drug-likeness (QED) is 0.0406. The van der Waals surface area contributed by atoms with Crippen molar-refractivity contribution in [2.45, 2.75) is 200 Å². The van der Waals surface area contributed by atoms with Crippen molar-refractivity contribution >= 4 is 19.8 Å². The maximum atomic E-state index is 12.5. The van der Waals surface area contributed by atoms with Crippen LogP contribution in [0, 0.1) is 0 Å². The van der Waals surface area contributed by atoms with E-state index in [9.17, 15) is 19.0 Å². The number of hydrogen-bond acceptors (Lipinski definition) is 7. The van der Waals surface area contributed by atoms with E-state index in [2.05, 4.69) is 13.8 Å². The fourth-order valence-corrected chi connectivity index (χ4v) is 6.15. The summed E-state index contributed by atoms with van der Waals surface area (Å²) in [5.74, 6) is -0.789. The molecule has 0 aromatic rings. The normalized spacial score (nSPS) is 13.4. The lowest BCUT2D eigenvalue weighted by atomic mass is 10.0. The van der Waals surface area contributed by atoms with Crippen LogP contribution in [0.3, 0.4) is 0 Å². The molecule has 0 amide bonds. The van der Waals surface area contributed by atoms with Gasteiger partial charge in [0.2, 0.25) is 0 Å². The van der Waals surface area contributed by atoms with E-state index in [1.54, 1.807) is 6.92 Å². The number of hydrogen-bond donors (Lipinski definition) is 1. The summed E-state index contributed by atoms with van der Waals surface area (Å²) < 4.78 is 32.5. The molecular formula is C36H71O8P. The van der Waals surface area contributed by atoms with E-state index in [1.807, 2.05) is 0 Å². The molecule has 0 rings (SSSR count). The molecule has 0 aromatic heterocycles. The number of phosphoric ester groups is 1. The Morgan fingerprint density at radius 1 is 0.511 bits per heavy atom. The molecule has 0 radical (unpaired) electrons. The van der Waals surface area contributed by atoms with Crippen LogP contribution in [0.4, 0.5) is 0 Å². The highest BCUT2D eigenvalue weighted by Crippen LogP contribution is 2.43. The number of unbranched alkanes of at least 4 members (excludes halogenated alkanes) is 23. The zero-order valence-corrected chi connectivity index (χ0v) is 30.4. The molecule has 268 valence electrons. The van der Waals surface area contributed by atoms with E-state index in [1.165, 1.54) is 122 Å². The standard InChI is InChI=1S/C36H71O8P/c1-4-7-9-11-13-15-17-18-19-20-21-23-25-27-29-31-36(38)44-34(33-43-45(39,40)42-6-3)32-41-35(37)30-28-26-24-22-16-14-12-10-8-5-2/h34H,4-33H2,1-3H3,(H,39,40). The van der Waals surface area contributed by atoms with Gasteiger partial charge >= 0.3 is 19.8 Å². The van der Waals surface area contributed by atoms with E-state index in [4.69, 9.17) is 18.5 Å². The van der Waals surface area contributed by atoms with Crippen LogP contribution >= 0.6 is 7.82 Å². The average molecular weight is 663 g/mol. The highest BCUT2D eigenvalue weighted by molar-refractivity contribution is 7.47. The van der Waals surface area contributed by atoms with Crippen LogP contribution in [0.15, 0.2) is 0 Å². The maximum absolute atomic E-state index is 12.5. The minimum absolute atomic E-state index is 0.00523. The van der Waals surface area contributed by atoms with Gasteiger partial charge in [-0.25, -0.2) is 4.57 Å². The molecule has 0 aliphatic heterocycles. The summed E-state index contributed by atoms with van der Waals surface area (Å²) in [5.41, 5.74) is 0. The molecule has 0 heterocycles. The van der Waals surface area contributed by atoms with Crippen molar-refractivity contribution in [3.05, 3.63) is 0 Å². The Morgan fingerprint density at radius 3 is 1.24 bits per heavy atom. The van der Waals surface area contributed by atoms with Crippen LogP contribution in [-0.2, 0) is 32.7 Å². The third kappa shape index (κ3) is 32.8.